The maximum atomic E-state index is 12.8. The van der Waals surface area contributed by atoms with Crippen molar-refractivity contribution >= 4 is 27.0 Å². The van der Waals surface area contributed by atoms with E-state index in [0.29, 0.717) is 6.54 Å². The first kappa shape index (κ1) is 15.5. The van der Waals surface area contributed by atoms with E-state index in [1.165, 1.54) is 0 Å². The Labute approximate surface area is 138 Å². The first-order chi connectivity index (χ1) is 10.5. The number of fused-ring (bicyclic) bond motifs is 3. The molecule has 0 radical (unpaired) electrons. The Morgan fingerprint density at radius 3 is 2.91 bits per heavy atom. The lowest BCUT2D eigenvalue weighted by Crippen LogP contribution is -2.40. The molecule has 0 saturated carbocycles. The SMILES string of the molecule is CCn1c(=O)c2c(c3ccc(C)nc31)OC(C)(CCBr)CC2. The molecule has 0 bridgehead atoms. The Morgan fingerprint density at radius 2 is 2.23 bits per heavy atom. The van der Waals surface area contributed by atoms with Crippen molar-refractivity contribution < 1.29 is 4.74 Å². The van der Waals surface area contributed by atoms with Crippen molar-refractivity contribution in [3.05, 3.63) is 33.7 Å². The van der Waals surface area contributed by atoms with Crippen LogP contribution in [0.15, 0.2) is 16.9 Å². The number of rotatable bonds is 3. The molecule has 1 unspecified atom stereocenters. The fraction of sp³-hybridized carbons (Fsp3) is 0.529. The zero-order chi connectivity index (χ0) is 15.9. The van der Waals surface area contributed by atoms with Gasteiger partial charge in [-0.05, 0) is 52.2 Å². The van der Waals surface area contributed by atoms with Gasteiger partial charge in [0.2, 0.25) is 0 Å². The molecule has 0 fully saturated rings. The maximum absolute atomic E-state index is 12.8. The van der Waals surface area contributed by atoms with Gasteiger partial charge in [0, 0.05) is 17.6 Å². The van der Waals surface area contributed by atoms with Crippen LogP contribution >= 0.6 is 15.9 Å². The number of ether oxygens (including phenoxy) is 1. The van der Waals surface area contributed by atoms with Crippen LogP contribution in [0.2, 0.25) is 0 Å². The van der Waals surface area contributed by atoms with Crippen LogP contribution in [0, 0.1) is 6.92 Å². The van der Waals surface area contributed by atoms with Crippen molar-refractivity contribution in [1.82, 2.24) is 9.55 Å². The minimum atomic E-state index is -0.223. The lowest BCUT2D eigenvalue weighted by atomic mass is 9.90. The van der Waals surface area contributed by atoms with Gasteiger partial charge in [-0.3, -0.25) is 9.36 Å². The molecule has 3 rings (SSSR count). The van der Waals surface area contributed by atoms with Gasteiger partial charge in [0.15, 0.2) is 0 Å². The summed E-state index contributed by atoms with van der Waals surface area (Å²) in [7, 11) is 0. The second-order valence-electron chi connectivity index (χ2n) is 6.17. The second-order valence-corrected chi connectivity index (χ2v) is 6.96. The molecule has 0 saturated heterocycles. The molecule has 2 aromatic rings. The Morgan fingerprint density at radius 1 is 1.45 bits per heavy atom. The summed E-state index contributed by atoms with van der Waals surface area (Å²) in [5.74, 6) is 0.742. The molecule has 0 aliphatic carbocycles. The molecule has 0 aromatic carbocycles. The number of aryl methyl sites for hydroxylation is 2. The highest BCUT2D eigenvalue weighted by Gasteiger charge is 2.34. The third-order valence-corrected chi connectivity index (χ3v) is 4.88. The van der Waals surface area contributed by atoms with E-state index >= 15 is 0 Å². The van der Waals surface area contributed by atoms with Crippen LogP contribution in [0.1, 0.15) is 37.9 Å². The minimum Gasteiger partial charge on any atom is -0.486 e. The molecule has 0 amide bonds. The quantitative estimate of drug-likeness (QED) is 0.781. The highest BCUT2D eigenvalue weighted by Crippen LogP contribution is 2.38. The molecule has 1 aliphatic heterocycles. The van der Waals surface area contributed by atoms with Crippen LogP contribution < -0.4 is 10.3 Å². The van der Waals surface area contributed by atoms with Crippen molar-refractivity contribution in [2.24, 2.45) is 0 Å². The zero-order valence-corrected chi connectivity index (χ0v) is 14.9. The number of alkyl halides is 1. The second kappa shape index (κ2) is 5.69. The molecule has 2 aromatic heterocycles. The van der Waals surface area contributed by atoms with Crippen LogP contribution in [0.4, 0.5) is 0 Å². The Bertz CT molecular complexity index is 784. The number of hydrogen-bond acceptors (Lipinski definition) is 3. The highest BCUT2D eigenvalue weighted by atomic mass is 79.9. The largest absolute Gasteiger partial charge is 0.486 e. The van der Waals surface area contributed by atoms with E-state index in [-0.39, 0.29) is 11.2 Å². The molecule has 1 atom stereocenters. The van der Waals surface area contributed by atoms with Crippen LogP contribution in [0.3, 0.4) is 0 Å². The summed E-state index contributed by atoms with van der Waals surface area (Å²) in [4.78, 5) is 17.4. The van der Waals surface area contributed by atoms with E-state index in [2.05, 4.69) is 27.8 Å². The van der Waals surface area contributed by atoms with Gasteiger partial charge in [0.05, 0.1) is 10.9 Å². The smallest absolute Gasteiger partial charge is 0.259 e. The standard InChI is InChI=1S/C17H21BrN2O2/c1-4-20-15-12(6-5-11(2)19-15)14-13(16(20)21)7-8-17(3,22-14)9-10-18/h5-6H,4,7-10H2,1-3H3. The summed E-state index contributed by atoms with van der Waals surface area (Å²) in [6.07, 6.45) is 2.56. The van der Waals surface area contributed by atoms with Gasteiger partial charge in [-0.15, -0.1) is 0 Å². The summed E-state index contributed by atoms with van der Waals surface area (Å²) in [5, 5.41) is 1.84. The summed E-state index contributed by atoms with van der Waals surface area (Å²) >= 11 is 3.50. The first-order valence-corrected chi connectivity index (χ1v) is 8.89. The van der Waals surface area contributed by atoms with E-state index in [4.69, 9.17) is 4.74 Å². The molecular formula is C17H21BrN2O2. The first-order valence-electron chi connectivity index (χ1n) is 7.77. The van der Waals surface area contributed by atoms with Crippen molar-refractivity contribution in [1.29, 1.82) is 0 Å². The van der Waals surface area contributed by atoms with Gasteiger partial charge >= 0.3 is 0 Å². The predicted molar refractivity (Wildman–Crippen MR) is 92.2 cm³/mol. The summed E-state index contributed by atoms with van der Waals surface area (Å²) in [5.41, 5.74) is 2.26. The van der Waals surface area contributed by atoms with Crippen molar-refractivity contribution in [2.45, 2.75) is 52.2 Å². The number of pyridine rings is 2. The van der Waals surface area contributed by atoms with Crippen molar-refractivity contribution in [3.63, 3.8) is 0 Å². The number of hydrogen-bond donors (Lipinski definition) is 0. The van der Waals surface area contributed by atoms with E-state index in [1.54, 1.807) is 4.57 Å². The molecule has 1 aliphatic rings. The van der Waals surface area contributed by atoms with Crippen LogP contribution in [-0.4, -0.2) is 20.5 Å². The van der Waals surface area contributed by atoms with Gasteiger partial charge in [-0.2, -0.15) is 0 Å². The van der Waals surface area contributed by atoms with Crippen molar-refractivity contribution in [2.75, 3.05) is 5.33 Å². The minimum absolute atomic E-state index is 0.0454. The molecular weight excluding hydrogens is 344 g/mol. The lowest BCUT2D eigenvalue weighted by molar-refractivity contribution is 0.0639. The van der Waals surface area contributed by atoms with E-state index < -0.39 is 0 Å². The average molecular weight is 365 g/mol. The number of halogens is 1. The third kappa shape index (κ3) is 2.45. The highest BCUT2D eigenvalue weighted by molar-refractivity contribution is 9.09. The van der Waals surface area contributed by atoms with Gasteiger partial charge in [0.1, 0.15) is 17.0 Å². The van der Waals surface area contributed by atoms with E-state index in [0.717, 1.165) is 52.6 Å². The molecule has 0 spiro atoms. The monoisotopic (exact) mass is 364 g/mol. The third-order valence-electron chi connectivity index (χ3n) is 4.48. The predicted octanol–water partition coefficient (Wildman–Crippen LogP) is 3.59. The van der Waals surface area contributed by atoms with Gasteiger partial charge in [-0.25, -0.2) is 4.98 Å². The summed E-state index contributed by atoms with van der Waals surface area (Å²) in [6, 6.07) is 4.01. The fourth-order valence-corrected chi connectivity index (χ4v) is 3.98. The lowest BCUT2D eigenvalue weighted by Gasteiger charge is -2.36. The maximum Gasteiger partial charge on any atom is 0.259 e. The topological polar surface area (TPSA) is 44.1 Å². The number of aromatic nitrogens is 2. The van der Waals surface area contributed by atoms with E-state index in [9.17, 15) is 4.79 Å². The van der Waals surface area contributed by atoms with Gasteiger partial charge < -0.3 is 4.74 Å². The average Bonchev–Trinajstić information content (AvgIpc) is 2.47. The molecule has 4 nitrogen and oxygen atoms in total. The van der Waals surface area contributed by atoms with Gasteiger partial charge in [0.25, 0.3) is 5.56 Å². The number of nitrogens with zero attached hydrogens (tertiary/aromatic N) is 2. The van der Waals surface area contributed by atoms with Crippen LogP contribution in [-0.2, 0) is 13.0 Å². The normalized spacial score (nSPS) is 20.7. The zero-order valence-electron chi connectivity index (χ0n) is 13.3. The summed E-state index contributed by atoms with van der Waals surface area (Å²) in [6.45, 7) is 6.67. The van der Waals surface area contributed by atoms with Crippen LogP contribution in [0.5, 0.6) is 5.75 Å². The van der Waals surface area contributed by atoms with Crippen LogP contribution in [0.25, 0.3) is 11.0 Å². The Hall–Kier alpha value is -1.36. The Balaban J connectivity index is 2.28. The van der Waals surface area contributed by atoms with Crippen molar-refractivity contribution in [3.8, 4) is 5.75 Å². The molecule has 22 heavy (non-hydrogen) atoms. The molecule has 3 heterocycles. The fourth-order valence-electron chi connectivity index (χ4n) is 3.14. The molecule has 5 heteroatoms. The summed E-state index contributed by atoms with van der Waals surface area (Å²) < 4.78 is 8.07. The van der Waals surface area contributed by atoms with E-state index in [1.807, 2.05) is 26.0 Å². The molecule has 118 valence electrons. The molecule has 0 N–H and O–H groups in total. The van der Waals surface area contributed by atoms with Gasteiger partial charge in [-0.1, -0.05) is 15.9 Å². The Kier molecular flexibility index (Phi) is 4.02.